The molecule has 0 aromatic heterocycles. The molecule has 1 aromatic carbocycles. The van der Waals surface area contributed by atoms with Crippen LogP contribution in [0.3, 0.4) is 0 Å². The van der Waals surface area contributed by atoms with Crippen LogP contribution in [0, 0.1) is 0 Å². The highest BCUT2D eigenvalue weighted by molar-refractivity contribution is 5.43. The fourth-order valence-corrected chi connectivity index (χ4v) is 3.64. The summed E-state index contributed by atoms with van der Waals surface area (Å²) in [4.78, 5) is 2.42. The van der Waals surface area contributed by atoms with Gasteiger partial charge in [-0.05, 0) is 55.7 Å². The van der Waals surface area contributed by atoms with E-state index in [0.29, 0.717) is 11.8 Å². The Morgan fingerprint density at radius 1 is 1.26 bits per heavy atom. The number of rotatable bonds is 4. The number of hydrogen-bond acceptors (Lipinski definition) is 4. The predicted octanol–water partition coefficient (Wildman–Crippen LogP) is 3.27. The highest BCUT2D eigenvalue weighted by Gasteiger charge is 2.29. The van der Waals surface area contributed by atoms with Crippen molar-refractivity contribution in [3.05, 3.63) is 46.7 Å². The van der Waals surface area contributed by atoms with Gasteiger partial charge >= 0.3 is 0 Å². The van der Waals surface area contributed by atoms with Gasteiger partial charge < -0.3 is 14.6 Å². The third-order valence-electron chi connectivity index (χ3n) is 5.03. The van der Waals surface area contributed by atoms with E-state index in [2.05, 4.69) is 18.0 Å². The van der Waals surface area contributed by atoms with Gasteiger partial charge in [0.05, 0.1) is 20.0 Å². The molecule has 1 N–H and O–H groups in total. The first-order valence-corrected chi connectivity index (χ1v) is 8.12. The van der Waals surface area contributed by atoms with E-state index in [1.54, 1.807) is 14.2 Å². The second-order valence-electron chi connectivity index (χ2n) is 6.34. The molecule has 0 bridgehead atoms. The van der Waals surface area contributed by atoms with Crippen molar-refractivity contribution in [1.29, 1.82) is 0 Å². The number of nitrogens with zero attached hydrogens (tertiary/aromatic N) is 1. The van der Waals surface area contributed by atoms with Gasteiger partial charge in [-0.1, -0.05) is 11.6 Å². The summed E-state index contributed by atoms with van der Waals surface area (Å²) in [6, 6.07) is 6.09. The lowest BCUT2D eigenvalue weighted by atomic mass is 9.83. The van der Waals surface area contributed by atoms with Gasteiger partial charge in [0.15, 0.2) is 11.5 Å². The topological polar surface area (TPSA) is 41.9 Å². The summed E-state index contributed by atoms with van der Waals surface area (Å²) in [6.45, 7) is 1.07. The van der Waals surface area contributed by atoms with Crippen LogP contribution in [0.2, 0.25) is 0 Å². The van der Waals surface area contributed by atoms with Crippen molar-refractivity contribution in [1.82, 2.24) is 4.90 Å². The molecule has 4 heteroatoms. The fourth-order valence-electron chi connectivity index (χ4n) is 3.64. The molecule has 3 rings (SSSR count). The average molecular weight is 315 g/mol. The largest absolute Gasteiger partial charge is 0.504 e. The van der Waals surface area contributed by atoms with Crippen LogP contribution in [0.4, 0.5) is 0 Å². The maximum Gasteiger partial charge on any atom is 0.160 e. The zero-order valence-corrected chi connectivity index (χ0v) is 14.1. The number of benzene rings is 1. The van der Waals surface area contributed by atoms with Crippen molar-refractivity contribution in [3.63, 3.8) is 0 Å². The molecule has 1 aromatic rings. The van der Waals surface area contributed by atoms with Crippen molar-refractivity contribution in [2.75, 3.05) is 27.8 Å². The van der Waals surface area contributed by atoms with Gasteiger partial charge in [0.25, 0.3) is 0 Å². The zero-order valence-electron chi connectivity index (χ0n) is 14.1. The molecule has 1 aliphatic carbocycles. The molecule has 0 spiro atoms. The van der Waals surface area contributed by atoms with Gasteiger partial charge in [-0.2, -0.15) is 0 Å². The molecule has 23 heavy (non-hydrogen) atoms. The van der Waals surface area contributed by atoms with E-state index in [1.807, 2.05) is 18.2 Å². The highest BCUT2D eigenvalue weighted by Crippen LogP contribution is 2.36. The van der Waals surface area contributed by atoms with E-state index in [4.69, 9.17) is 9.47 Å². The first-order chi connectivity index (χ1) is 11.1. The van der Waals surface area contributed by atoms with Gasteiger partial charge in [0.1, 0.15) is 0 Å². The molecule has 2 aliphatic rings. The lowest BCUT2D eigenvalue weighted by Gasteiger charge is -2.38. The molecule has 4 nitrogen and oxygen atoms in total. The minimum Gasteiger partial charge on any atom is -0.504 e. The Morgan fingerprint density at radius 3 is 2.78 bits per heavy atom. The molecule has 0 radical (unpaired) electrons. The summed E-state index contributed by atoms with van der Waals surface area (Å²) < 4.78 is 10.6. The summed E-state index contributed by atoms with van der Waals surface area (Å²) in [5.74, 6) is 1.83. The highest BCUT2D eigenvalue weighted by atomic mass is 16.5. The molecule has 1 atom stereocenters. The molecule has 1 unspecified atom stereocenters. The van der Waals surface area contributed by atoms with Gasteiger partial charge in [-0.3, -0.25) is 4.90 Å². The van der Waals surface area contributed by atoms with Crippen molar-refractivity contribution < 1.29 is 14.6 Å². The van der Waals surface area contributed by atoms with E-state index >= 15 is 0 Å². The van der Waals surface area contributed by atoms with Gasteiger partial charge in [0.2, 0.25) is 0 Å². The summed E-state index contributed by atoms with van der Waals surface area (Å²) in [5.41, 5.74) is 4.19. The van der Waals surface area contributed by atoms with E-state index in [0.717, 1.165) is 43.6 Å². The maximum absolute atomic E-state index is 10.0. The number of hydrogen-bond donors (Lipinski definition) is 1. The van der Waals surface area contributed by atoms with Crippen LogP contribution in [-0.2, 0) is 11.2 Å². The molecular weight excluding hydrogens is 290 g/mol. The Morgan fingerprint density at radius 2 is 2.09 bits per heavy atom. The van der Waals surface area contributed by atoms with Crippen molar-refractivity contribution in [2.45, 2.75) is 31.7 Å². The summed E-state index contributed by atoms with van der Waals surface area (Å²) >= 11 is 0. The lowest BCUT2D eigenvalue weighted by Crippen LogP contribution is -2.40. The maximum atomic E-state index is 10.0. The first-order valence-electron chi connectivity index (χ1n) is 8.12. The van der Waals surface area contributed by atoms with E-state index in [9.17, 15) is 5.11 Å². The van der Waals surface area contributed by atoms with Crippen LogP contribution in [0.1, 0.15) is 24.8 Å². The summed E-state index contributed by atoms with van der Waals surface area (Å²) in [6.07, 6.45) is 6.15. The minimum atomic E-state index is 0.211. The molecule has 1 aliphatic heterocycles. The van der Waals surface area contributed by atoms with Crippen molar-refractivity contribution in [3.8, 4) is 11.5 Å². The van der Waals surface area contributed by atoms with Gasteiger partial charge in [-0.15, -0.1) is 0 Å². The van der Waals surface area contributed by atoms with E-state index in [1.165, 1.54) is 11.1 Å². The number of aromatic hydroxyl groups is 1. The standard InChI is InChI=1S/C19H25NO3/c1-20-9-8-14-12-15(22-2)5-6-16(14)17(20)10-13-4-7-19(23-3)18(21)11-13/h4-5,7,11,17,21H,6,8-10,12H2,1-3H3. The molecule has 1 heterocycles. The number of phenolic OH excluding ortho intramolecular Hbond substituents is 1. The van der Waals surface area contributed by atoms with Crippen LogP contribution >= 0.6 is 0 Å². The van der Waals surface area contributed by atoms with E-state index < -0.39 is 0 Å². The lowest BCUT2D eigenvalue weighted by molar-refractivity contribution is 0.237. The smallest absolute Gasteiger partial charge is 0.160 e. The molecule has 0 saturated carbocycles. The number of allylic oxidation sites excluding steroid dienone is 2. The van der Waals surface area contributed by atoms with Crippen LogP contribution in [0.25, 0.3) is 0 Å². The zero-order chi connectivity index (χ0) is 16.4. The number of phenols is 1. The first kappa shape index (κ1) is 15.9. The second kappa shape index (κ2) is 6.67. The molecule has 0 saturated heterocycles. The normalized spacial score (nSPS) is 21.7. The Labute approximate surface area is 138 Å². The van der Waals surface area contributed by atoms with E-state index in [-0.39, 0.29) is 5.75 Å². The predicted molar refractivity (Wildman–Crippen MR) is 90.7 cm³/mol. The molecular formula is C19H25NO3. The number of ether oxygens (including phenoxy) is 2. The van der Waals surface area contributed by atoms with Gasteiger partial charge in [0, 0.05) is 19.0 Å². The third kappa shape index (κ3) is 3.22. The second-order valence-corrected chi connectivity index (χ2v) is 6.34. The number of methoxy groups -OCH3 is 2. The van der Waals surface area contributed by atoms with Crippen molar-refractivity contribution in [2.24, 2.45) is 0 Å². The Balaban J connectivity index is 1.82. The van der Waals surface area contributed by atoms with Gasteiger partial charge in [-0.25, -0.2) is 0 Å². The third-order valence-corrected chi connectivity index (χ3v) is 5.03. The SMILES string of the molecule is COC1=CCC2=C(CCN(C)C2Cc2ccc(OC)c(O)c2)C1. The molecule has 0 amide bonds. The number of likely N-dealkylation sites (N-methyl/N-ethyl adjacent to an activating group) is 1. The Kier molecular flexibility index (Phi) is 4.62. The van der Waals surface area contributed by atoms with Crippen LogP contribution in [0.5, 0.6) is 11.5 Å². The Hall–Kier alpha value is -1.94. The van der Waals surface area contributed by atoms with Crippen LogP contribution < -0.4 is 4.74 Å². The minimum absolute atomic E-state index is 0.211. The monoisotopic (exact) mass is 315 g/mol. The quantitative estimate of drug-likeness (QED) is 0.866. The van der Waals surface area contributed by atoms with Crippen LogP contribution in [0.15, 0.2) is 41.2 Å². The summed E-state index contributed by atoms with van der Waals surface area (Å²) in [7, 11) is 5.51. The molecule has 0 fully saturated rings. The Bertz CT molecular complexity index is 648. The summed E-state index contributed by atoms with van der Waals surface area (Å²) in [5, 5.41) is 10.0. The van der Waals surface area contributed by atoms with Crippen molar-refractivity contribution >= 4 is 0 Å². The molecule has 124 valence electrons. The average Bonchev–Trinajstić information content (AvgIpc) is 2.57. The fraction of sp³-hybridized carbons (Fsp3) is 0.474. The van der Waals surface area contributed by atoms with Crippen LogP contribution in [-0.4, -0.2) is 43.9 Å².